The van der Waals surface area contributed by atoms with Crippen molar-refractivity contribution in [3.63, 3.8) is 0 Å². The number of hydrogen-bond donors (Lipinski definition) is 0. The lowest BCUT2D eigenvalue weighted by atomic mass is 10.1. The van der Waals surface area contributed by atoms with E-state index in [1.807, 2.05) is 25.4 Å². The van der Waals surface area contributed by atoms with E-state index < -0.39 is 0 Å². The molecule has 2 aromatic rings. The van der Waals surface area contributed by atoms with Gasteiger partial charge in [0.05, 0.1) is 6.20 Å². The third kappa shape index (κ3) is 3.14. The fraction of sp³-hybridized carbons (Fsp3) is 0.0769. The molecule has 0 aliphatic carbocycles. The number of rotatable bonds is 3. The van der Waals surface area contributed by atoms with E-state index in [9.17, 15) is 4.79 Å². The Labute approximate surface area is 108 Å². The van der Waals surface area contributed by atoms with Gasteiger partial charge in [0.2, 0.25) is 0 Å². The normalized spacial score (nSPS) is 10.9. The molecule has 4 heteroatoms. The third-order valence-electron chi connectivity index (χ3n) is 2.26. The number of hydrogen-bond acceptors (Lipinski definition) is 2. The Morgan fingerprint density at radius 3 is 2.94 bits per heavy atom. The van der Waals surface area contributed by atoms with E-state index in [2.05, 4.69) is 21.0 Å². The molecule has 0 radical (unpaired) electrons. The average molecular weight is 291 g/mol. The summed E-state index contributed by atoms with van der Waals surface area (Å²) >= 11 is 3.34. The Morgan fingerprint density at radius 1 is 1.47 bits per heavy atom. The van der Waals surface area contributed by atoms with Crippen molar-refractivity contribution in [1.29, 1.82) is 0 Å². The SMILES string of the molecule is Cn1cc(/C=C/C(=O)c2cccc(Br)c2)cn1. The van der Waals surface area contributed by atoms with Crippen LogP contribution in [0.15, 0.2) is 47.2 Å². The molecule has 3 nitrogen and oxygen atoms in total. The van der Waals surface area contributed by atoms with Crippen molar-refractivity contribution >= 4 is 27.8 Å². The van der Waals surface area contributed by atoms with Gasteiger partial charge in [-0.25, -0.2) is 0 Å². The Kier molecular flexibility index (Phi) is 3.54. The Bertz CT molecular complexity index is 572. The van der Waals surface area contributed by atoms with Gasteiger partial charge in [0.15, 0.2) is 5.78 Å². The van der Waals surface area contributed by atoms with Gasteiger partial charge < -0.3 is 0 Å². The first-order chi connectivity index (χ1) is 8.15. The van der Waals surface area contributed by atoms with Gasteiger partial charge in [-0.2, -0.15) is 5.10 Å². The number of aryl methyl sites for hydroxylation is 1. The lowest BCUT2D eigenvalue weighted by molar-refractivity contribution is 0.104. The minimum Gasteiger partial charge on any atom is -0.289 e. The van der Waals surface area contributed by atoms with Crippen molar-refractivity contribution in [1.82, 2.24) is 9.78 Å². The van der Waals surface area contributed by atoms with Crippen LogP contribution in [0.25, 0.3) is 6.08 Å². The highest BCUT2D eigenvalue weighted by molar-refractivity contribution is 9.10. The minimum absolute atomic E-state index is 0.0184. The van der Waals surface area contributed by atoms with Crippen molar-refractivity contribution in [3.05, 3.63) is 58.3 Å². The van der Waals surface area contributed by atoms with Crippen molar-refractivity contribution in [2.75, 3.05) is 0 Å². The molecule has 86 valence electrons. The van der Waals surface area contributed by atoms with E-state index in [0.717, 1.165) is 10.0 Å². The summed E-state index contributed by atoms with van der Waals surface area (Å²) in [6.07, 6.45) is 6.88. The highest BCUT2D eigenvalue weighted by Crippen LogP contribution is 2.13. The number of ketones is 1. The van der Waals surface area contributed by atoms with Crippen LogP contribution in [0.1, 0.15) is 15.9 Å². The van der Waals surface area contributed by atoms with Crippen LogP contribution in [0.3, 0.4) is 0 Å². The molecular weight excluding hydrogens is 280 g/mol. The number of halogens is 1. The van der Waals surface area contributed by atoms with Crippen molar-refractivity contribution in [2.45, 2.75) is 0 Å². The zero-order chi connectivity index (χ0) is 12.3. The van der Waals surface area contributed by atoms with Gasteiger partial charge in [-0.05, 0) is 24.3 Å². The summed E-state index contributed by atoms with van der Waals surface area (Å²) in [6.45, 7) is 0. The maximum Gasteiger partial charge on any atom is 0.185 e. The molecule has 0 aliphatic heterocycles. The molecular formula is C13H11BrN2O. The summed E-state index contributed by atoms with van der Waals surface area (Å²) in [6, 6.07) is 7.33. The maximum atomic E-state index is 11.8. The summed E-state index contributed by atoms with van der Waals surface area (Å²) in [5.74, 6) is -0.0184. The molecule has 0 aliphatic rings. The van der Waals surface area contributed by atoms with E-state index in [-0.39, 0.29) is 5.78 Å². The van der Waals surface area contributed by atoms with Crippen molar-refractivity contribution < 1.29 is 4.79 Å². The molecule has 0 bridgehead atoms. The summed E-state index contributed by atoms with van der Waals surface area (Å²) < 4.78 is 2.60. The molecule has 0 N–H and O–H groups in total. The van der Waals surface area contributed by atoms with Crippen LogP contribution in [0.5, 0.6) is 0 Å². The van der Waals surface area contributed by atoms with Crippen LogP contribution in [0.2, 0.25) is 0 Å². The van der Waals surface area contributed by atoms with Gasteiger partial charge in [-0.1, -0.05) is 28.1 Å². The summed E-state index contributed by atoms with van der Waals surface area (Å²) in [5.41, 5.74) is 1.58. The summed E-state index contributed by atoms with van der Waals surface area (Å²) in [5, 5.41) is 4.03. The molecule has 0 spiro atoms. The Balaban J connectivity index is 2.14. The van der Waals surface area contributed by atoms with Crippen LogP contribution in [-0.2, 0) is 7.05 Å². The maximum absolute atomic E-state index is 11.8. The van der Waals surface area contributed by atoms with E-state index in [4.69, 9.17) is 0 Å². The van der Waals surface area contributed by atoms with Gasteiger partial charge in [-0.3, -0.25) is 9.48 Å². The van der Waals surface area contributed by atoms with Gasteiger partial charge in [0.1, 0.15) is 0 Å². The van der Waals surface area contributed by atoms with Crippen LogP contribution in [0.4, 0.5) is 0 Å². The molecule has 17 heavy (non-hydrogen) atoms. The van der Waals surface area contributed by atoms with Gasteiger partial charge in [0.25, 0.3) is 0 Å². The quantitative estimate of drug-likeness (QED) is 0.643. The molecule has 1 heterocycles. The number of carbonyl (C=O) groups excluding carboxylic acids is 1. The zero-order valence-electron chi connectivity index (χ0n) is 9.30. The summed E-state index contributed by atoms with van der Waals surface area (Å²) in [4.78, 5) is 11.8. The fourth-order valence-electron chi connectivity index (χ4n) is 1.44. The second kappa shape index (κ2) is 5.10. The Hall–Kier alpha value is -1.68. The van der Waals surface area contributed by atoms with Crippen LogP contribution in [-0.4, -0.2) is 15.6 Å². The monoisotopic (exact) mass is 290 g/mol. The van der Waals surface area contributed by atoms with E-state index in [0.29, 0.717) is 5.56 Å². The fourth-order valence-corrected chi connectivity index (χ4v) is 1.84. The zero-order valence-corrected chi connectivity index (χ0v) is 10.9. The van der Waals surface area contributed by atoms with E-state index in [1.54, 1.807) is 35.2 Å². The predicted molar refractivity (Wildman–Crippen MR) is 70.7 cm³/mol. The van der Waals surface area contributed by atoms with Crippen molar-refractivity contribution in [3.8, 4) is 0 Å². The summed E-state index contributed by atoms with van der Waals surface area (Å²) in [7, 11) is 1.84. The lowest BCUT2D eigenvalue weighted by Crippen LogP contribution is -1.93. The second-order valence-electron chi connectivity index (χ2n) is 3.66. The highest BCUT2D eigenvalue weighted by Gasteiger charge is 2.01. The Morgan fingerprint density at radius 2 is 2.29 bits per heavy atom. The molecule has 0 atom stereocenters. The molecule has 0 saturated heterocycles. The number of benzene rings is 1. The number of allylic oxidation sites excluding steroid dienone is 1. The van der Waals surface area contributed by atoms with E-state index >= 15 is 0 Å². The lowest BCUT2D eigenvalue weighted by Gasteiger charge is -1.95. The number of aromatic nitrogens is 2. The van der Waals surface area contributed by atoms with Gasteiger partial charge >= 0.3 is 0 Å². The molecule has 0 amide bonds. The molecule has 0 saturated carbocycles. The third-order valence-corrected chi connectivity index (χ3v) is 2.75. The largest absolute Gasteiger partial charge is 0.289 e. The van der Waals surface area contributed by atoms with Gasteiger partial charge in [-0.15, -0.1) is 0 Å². The second-order valence-corrected chi connectivity index (χ2v) is 4.57. The molecule has 2 rings (SSSR count). The van der Waals surface area contributed by atoms with Crippen LogP contribution >= 0.6 is 15.9 Å². The highest BCUT2D eigenvalue weighted by atomic mass is 79.9. The first-order valence-corrected chi connectivity index (χ1v) is 5.91. The van der Waals surface area contributed by atoms with Crippen molar-refractivity contribution in [2.24, 2.45) is 7.05 Å². The topological polar surface area (TPSA) is 34.9 Å². The first-order valence-electron chi connectivity index (χ1n) is 5.12. The van der Waals surface area contributed by atoms with E-state index in [1.165, 1.54) is 0 Å². The number of carbonyl (C=O) groups is 1. The molecule has 0 unspecified atom stereocenters. The average Bonchev–Trinajstić information content (AvgIpc) is 2.72. The smallest absolute Gasteiger partial charge is 0.185 e. The molecule has 1 aromatic heterocycles. The minimum atomic E-state index is -0.0184. The number of nitrogens with zero attached hydrogens (tertiary/aromatic N) is 2. The standard InChI is InChI=1S/C13H11BrN2O/c1-16-9-10(8-15-16)5-6-13(17)11-3-2-4-12(14)7-11/h2-9H,1H3/b6-5+. The van der Waals surface area contributed by atoms with Crippen LogP contribution < -0.4 is 0 Å². The van der Waals surface area contributed by atoms with Gasteiger partial charge in [0, 0.05) is 28.8 Å². The first kappa shape index (κ1) is 11.8. The molecule has 0 fully saturated rings. The van der Waals surface area contributed by atoms with Crippen LogP contribution in [0, 0.1) is 0 Å². The molecule has 1 aromatic carbocycles. The predicted octanol–water partition coefficient (Wildman–Crippen LogP) is 3.08.